The number of benzene rings is 1. The lowest BCUT2D eigenvalue weighted by Crippen LogP contribution is -2.44. The smallest absolute Gasteiger partial charge is 0.378 e. The highest BCUT2D eigenvalue weighted by Crippen LogP contribution is 2.28. The van der Waals surface area contributed by atoms with E-state index in [-0.39, 0.29) is 6.54 Å². The lowest BCUT2D eigenvalue weighted by molar-refractivity contribution is -0.137. The molecule has 2 rings (SSSR count). The number of halogens is 3. The second kappa shape index (κ2) is 7.18. The van der Waals surface area contributed by atoms with E-state index in [9.17, 15) is 13.2 Å². The van der Waals surface area contributed by atoms with Crippen molar-refractivity contribution >= 4 is 5.96 Å². The molecule has 0 saturated carbocycles. The fourth-order valence-electron chi connectivity index (χ4n) is 1.90. The maximum atomic E-state index is 12.4. The molecule has 1 saturated heterocycles. The van der Waals surface area contributed by atoms with Crippen LogP contribution >= 0.6 is 0 Å². The Morgan fingerprint density at radius 2 is 1.86 bits per heavy atom. The molecule has 1 heterocycles. The summed E-state index contributed by atoms with van der Waals surface area (Å²) >= 11 is 0. The fourth-order valence-corrected chi connectivity index (χ4v) is 1.90. The van der Waals surface area contributed by atoms with E-state index in [0.29, 0.717) is 37.8 Å². The Morgan fingerprint density at radius 1 is 1.23 bits per heavy atom. The number of nitrogens with zero attached hydrogens (tertiary/aromatic N) is 2. The van der Waals surface area contributed by atoms with Gasteiger partial charge in [0.25, 0.3) is 0 Å². The van der Waals surface area contributed by atoms with Crippen molar-refractivity contribution in [2.45, 2.75) is 6.18 Å². The van der Waals surface area contributed by atoms with Gasteiger partial charge in [0.2, 0.25) is 0 Å². The number of rotatable bonds is 1. The van der Waals surface area contributed by atoms with Crippen LogP contribution in [0.2, 0.25) is 0 Å². The van der Waals surface area contributed by atoms with Gasteiger partial charge in [-0.05, 0) is 24.3 Å². The first kappa shape index (κ1) is 16.2. The van der Waals surface area contributed by atoms with Crippen LogP contribution < -0.4 is 5.73 Å². The molecule has 1 aliphatic heterocycles. The van der Waals surface area contributed by atoms with E-state index in [4.69, 9.17) is 10.5 Å². The molecule has 4 nitrogen and oxygen atoms in total. The van der Waals surface area contributed by atoms with Crippen molar-refractivity contribution < 1.29 is 17.9 Å². The first-order valence-corrected chi connectivity index (χ1v) is 6.75. The summed E-state index contributed by atoms with van der Waals surface area (Å²) in [5.74, 6) is 5.94. The molecule has 118 valence electrons. The topological polar surface area (TPSA) is 50.8 Å². The highest BCUT2D eigenvalue weighted by atomic mass is 19.4. The van der Waals surface area contributed by atoms with Crippen LogP contribution in [0.15, 0.2) is 29.3 Å². The zero-order chi connectivity index (χ0) is 16.0. The number of hydrogen-bond acceptors (Lipinski definition) is 2. The van der Waals surface area contributed by atoms with Gasteiger partial charge in [0, 0.05) is 18.7 Å². The predicted molar refractivity (Wildman–Crippen MR) is 77.2 cm³/mol. The third-order valence-electron chi connectivity index (χ3n) is 3.10. The second-order valence-electron chi connectivity index (χ2n) is 4.65. The summed E-state index contributed by atoms with van der Waals surface area (Å²) in [4.78, 5) is 6.04. The van der Waals surface area contributed by atoms with E-state index < -0.39 is 11.7 Å². The van der Waals surface area contributed by atoms with Gasteiger partial charge in [-0.25, -0.2) is 4.99 Å². The molecule has 1 aliphatic rings. The summed E-state index contributed by atoms with van der Waals surface area (Å²) in [7, 11) is 0. The minimum Gasteiger partial charge on any atom is -0.378 e. The maximum absolute atomic E-state index is 12.4. The fraction of sp³-hybridized carbons (Fsp3) is 0.400. The minimum absolute atomic E-state index is 0.199. The van der Waals surface area contributed by atoms with E-state index in [1.54, 1.807) is 0 Å². The van der Waals surface area contributed by atoms with Crippen molar-refractivity contribution in [1.82, 2.24) is 4.90 Å². The standard InChI is InChI=1S/C15H16F3N3O/c16-15(17,18)13-5-3-12(4-6-13)2-1-7-20-14(19)21-8-10-22-11-9-21/h3-6H,7-11H2,(H2,19,20). The first-order chi connectivity index (χ1) is 10.5. The molecule has 22 heavy (non-hydrogen) atoms. The quantitative estimate of drug-likeness (QED) is 0.488. The molecule has 2 N–H and O–H groups in total. The number of alkyl halides is 3. The van der Waals surface area contributed by atoms with Gasteiger partial charge in [0.1, 0.15) is 6.54 Å². The Labute approximate surface area is 126 Å². The molecule has 1 fully saturated rings. The molecule has 7 heteroatoms. The van der Waals surface area contributed by atoms with E-state index in [0.717, 1.165) is 12.1 Å². The van der Waals surface area contributed by atoms with Gasteiger partial charge in [0.05, 0.1) is 18.8 Å². The van der Waals surface area contributed by atoms with Crippen molar-refractivity contribution in [2.75, 3.05) is 32.8 Å². The van der Waals surface area contributed by atoms with E-state index in [1.165, 1.54) is 12.1 Å². The first-order valence-electron chi connectivity index (χ1n) is 6.75. The summed E-state index contributed by atoms with van der Waals surface area (Å²) in [5.41, 5.74) is 5.64. The van der Waals surface area contributed by atoms with Crippen LogP contribution in [0.3, 0.4) is 0 Å². The summed E-state index contributed by atoms with van der Waals surface area (Å²) in [6.07, 6.45) is -4.33. The predicted octanol–water partition coefficient (Wildman–Crippen LogP) is 1.70. The molecule has 0 bridgehead atoms. The number of ether oxygens (including phenoxy) is 1. The number of nitrogens with two attached hydrogens (primary N) is 1. The maximum Gasteiger partial charge on any atom is 0.416 e. The van der Waals surface area contributed by atoms with Gasteiger partial charge >= 0.3 is 6.18 Å². The number of hydrogen-bond donors (Lipinski definition) is 1. The van der Waals surface area contributed by atoms with Gasteiger partial charge in [-0.3, -0.25) is 0 Å². The van der Waals surface area contributed by atoms with Crippen molar-refractivity contribution in [1.29, 1.82) is 0 Å². The van der Waals surface area contributed by atoms with Crippen LogP contribution in [0.1, 0.15) is 11.1 Å². The monoisotopic (exact) mass is 311 g/mol. The average molecular weight is 311 g/mol. The Morgan fingerprint density at radius 3 is 2.45 bits per heavy atom. The Bertz CT molecular complexity index is 579. The van der Waals surface area contributed by atoms with Gasteiger partial charge in [-0.2, -0.15) is 13.2 Å². The third-order valence-corrected chi connectivity index (χ3v) is 3.10. The van der Waals surface area contributed by atoms with Gasteiger partial charge in [-0.1, -0.05) is 11.8 Å². The second-order valence-corrected chi connectivity index (χ2v) is 4.65. The minimum atomic E-state index is -4.33. The van der Waals surface area contributed by atoms with Crippen molar-refractivity contribution in [3.63, 3.8) is 0 Å². The molecule has 0 spiro atoms. The van der Waals surface area contributed by atoms with Crippen molar-refractivity contribution in [3.8, 4) is 11.8 Å². The normalized spacial score (nSPS) is 16.1. The average Bonchev–Trinajstić information content (AvgIpc) is 2.52. The van der Waals surface area contributed by atoms with E-state index in [2.05, 4.69) is 16.8 Å². The Hall–Kier alpha value is -2.20. The Kier molecular flexibility index (Phi) is 5.28. The summed E-state index contributed by atoms with van der Waals surface area (Å²) in [5, 5.41) is 0. The van der Waals surface area contributed by atoms with Gasteiger partial charge in [0.15, 0.2) is 5.96 Å². The molecule has 0 aliphatic carbocycles. The van der Waals surface area contributed by atoms with Gasteiger partial charge < -0.3 is 15.4 Å². The molecule has 0 aromatic heterocycles. The largest absolute Gasteiger partial charge is 0.416 e. The molecule has 0 atom stereocenters. The van der Waals surface area contributed by atoms with Crippen LogP contribution in [0.5, 0.6) is 0 Å². The van der Waals surface area contributed by atoms with Crippen LogP contribution in [0, 0.1) is 11.8 Å². The molecule has 0 radical (unpaired) electrons. The highest BCUT2D eigenvalue weighted by molar-refractivity contribution is 5.78. The number of aliphatic imine (C=N–C) groups is 1. The zero-order valence-corrected chi connectivity index (χ0v) is 11.9. The number of guanidine groups is 1. The van der Waals surface area contributed by atoms with Crippen LogP contribution in [0.25, 0.3) is 0 Å². The lowest BCUT2D eigenvalue weighted by atomic mass is 10.1. The molecule has 0 amide bonds. The summed E-state index contributed by atoms with van der Waals surface area (Å²) in [6, 6.07) is 4.69. The molecular weight excluding hydrogens is 295 g/mol. The van der Waals surface area contributed by atoms with Gasteiger partial charge in [-0.15, -0.1) is 0 Å². The zero-order valence-electron chi connectivity index (χ0n) is 11.9. The highest BCUT2D eigenvalue weighted by Gasteiger charge is 2.29. The number of morpholine rings is 1. The molecule has 0 unspecified atom stereocenters. The lowest BCUT2D eigenvalue weighted by Gasteiger charge is -2.27. The Balaban J connectivity index is 1.90. The summed E-state index contributed by atoms with van der Waals surface area (Å²) < 4.78 is 42.4. The summed E-state index contributed by atoms with van der Waals surface area (Å²) in [6.45, 7) is 2.83. The SMILES string of the molecule is NC(=NCC#Cc1ccc(C(F)(F)F)cc1)N1CCOCC1. The van der Waals surface area contributed by atoms with Crippen LogP contribution in [-0.2, 0) is 10.9 Å². The molecular formula is C15H16F3N3O. The van der Waals surface area contributed by atoms with Crippen molar-refractivity contribution in [3.05, 3.63) is 35.4 Å². The third kappa shape index (κ3) is 4.67. The van der Waals surface area contributed by atoms with Crippen molar-refractivity contribution in [2.24, 2.45) is 10.7 Å². The van der Waals surface area contributed by atoms with E-state index in [1.807, 2.05) is 4.90 Å². The van der Waals surface area contributed by atoms with Crippen LogP contribution in [0.4, 0.5) is 13.2 Å². The molecule has 1 aromatic rings. The van der Waals surface area contributed by atoms with Crippen LogP contribution in [-0.4, -0.2) is 43.7 Å². The molecule has 1 aromatic carbocycles. The van der Waals surface area contributed by atoms with E-state index >= 15 is 0 Å².